The highest BCUT2D eigenvalue weighted by Crippen LogP contribution is 2.25. The van der Waals surface area contributed by atoms with E-state index in [2.05, 4.69) is 11.9 Å². The fourth-order valence-electron chi connectivity index (χ4n) is 2.87. The van der Waals surface area contributed by atoms with Gasteiger partial charge in [0.2, 0.25) is 5.91 Å². The van der Waals surface area contributed by atoms with E-state index in [0.717, 1.165) is 25.9 Å². The van der Waals surface area contributed by atoms with Crippen LogP contribution in [-0.4, -0.2) is 57.2 Å². The van der Waals surface area contributed by atoms with Crippen molar-refractivity contribution in [2.24, 2.45) is 5.92 Å². The normalized spacial score (nSPS) is 15.8. The molecule has 0 bridgehead atoms. The average molecular weight is 334 g/mol. The third-order valence-corrected chi connectivity index (χ3v) is 4.31. The summed E-state index contributed by atoms with van der Waals surface area (Å²) >= 11 is 0. The minimum absolute atomic E-state index is 0.0127. The highest BCUT2D eigenvalue weighted by atomic mass is 16.5. The molecule has 0 radical (unpaired) electrons. The summed E-state index contributed by atoms with van der Waals surface area (Å²) in [7, 11) is 3.65. The Balaban J connectivity index is 2.17. The van der Waals surface area contributed by atoms with E-state index in [1.54, 1.807) is 38.3 Å². The number of amides is 1. The first-order chi connectivity index (χ1) is 11.5. The summed E-state index contributed by atoms with van der Waals surface area (Å²) in [6, 6.07) is 7.17. The number of carbonyl (C=O) groups is 2. The van der Waals surface area contributed by atoms with Gasteiger partial charge in [0.15, 0.2) is 0 Å². The standard InChI is InChI=1S/C18H26N2O4/c1-4-24-17(21)13-20(15-5-7-16(23-3)8-6-15)18(22)14-9-11-19(2)12-10-14/h5-8,14H,4,9-13H2,1-3H3. The lowest BCUT2D eigenvalue weighted by Crippen LogP contribution is -2.44. The first-order valence-electron chi connectivity index (χ1n) is 8.34. The van der Waals surface area contributed by atoms with E-state index in [9.17, 15) is 9.59 Å². The van der Waals surface area contributed by atoms with Crippen molar-refractivity contribution in [3.05, 3.63) is 24.3 Å². The Morgan fingerprint density at radius 2 is 1.83 bits per heavy atom. The van der Waals surface area contributed by atoms with Crippen molar-refractivity contribution >= 4 is 17.6 Å². The molecule has 132 valence electrons. The lowest BCUT2D eigenvalue weighted by molar-refractivity contribution is -0.142. The van der Waals surface area contributed by atoms with E-state index in [0.29, 0.717) is 18.0 Å². The third-order valence-electron chi connectivity index (χ3n) is 4.31. The van der Waals surface area contributed by atoms with Gasteiger partial charge in [0.05, 0.1) is 13.7 Å². The zero-order valence-corrected chi connectivity index (χ0v) is 14.7. The van der Waals surface area contributed by atoms with Gasteiger partial charge in [-0.15, -0.1) is 0 Å². The number of esters is 1. The van der Waals surface area contributed by atoms with Crippen LogP contribution in [0.1, 0.15) is 19.8 Å². The van der Waals surface area contributed by atoms with Gasteiger partial charge < -0.3 is 19.3 Å². The number of methoxy groups -OCH3 is 1. The Bertz CT molecular complexity index is 551. The summed E-state index contributed by atoms with van der Waals surface area (Å²) in [5.41, 5.74) is 0.688. The molecule has 1 fully saturated rings. The Morgan fingerprint density at radius 3 is 2.38 bits per heavy atom. The van der Waals surface area contributed by atoms with Crippen LogP contribution in [0.25, 0.3) is 0 Å². The highest BCUT2D eigenvalue weighted by Gasteiger charge is 2.29. The SMILES string of the molecule is CCOC(=O)CN(C(=O)C1CCN(C)CC1)c1ccc(OC)cc1. The molecule has 0 spiro atoms. The van der Waals surface area contributed by atoms with Crippen molar-refractivity contribution < 1.29 is 19.1 Å². The molecule has 6 nitrogen and oxygen atoms in total. The van der Waals surface area contributed by atoms with Gasteiger partial charge in [-0.05, 0) is 64.2 Å². The monoisotopic (exact) mass is 334 g/mol. The molecule has 1 aromatic rings. The van der Waals surface area contributed by atoms with Gasteiger partial charge in [0.1, 0.15) is 12.3 Å². The molecule has 1 aliphatic rings. The van der Waals surface area contributed by atoms with Crippen LogP contribution in [0.3, 0.4) is 0 Å². The molecule has 0 N–H and O–H groups in total. The lowest BCUT2D eigenvalue weighted by atomic mass is 9.95. The predicted octanol–water partition coefficient (Wildman–Crippen LogP) is 1.93. The largest absolute Gasteiger partial charge is 0.497 e. The summed E-state index contributed by atoms with van der Waals surface area (Å²) < 4.78 is 10.2. The predicted molar refractivity (Wildman–Crippen MR) is 92.2 cm³/mol. The van der Waals surface area contributed by atoms with Gasteiger partial charge in [0, 0.05) is 11.6 Å². The molecule has 1 amide bonds. The van der Waals surface area contributed by atoms with Crippen LogP contribution in [0, 0.1) is 5.92 Å². The van der Waals surface area contributed by atoms with Gasteiger partial charge in [-0.3, -0.25) is 9.59 Å². The summed E-state index contributed by atoms with van der Waals surface area (Å²) in [5.74, 6) is 0.246. The number of hydrogen-bond acceptors (Lipinski definition) is 5. The number of benzene rings is 1. The second-order valence-corrected chi connectivity index (χ2v) is 6.00. The maximum atomic E-state index is 13.0. The van der Waals surface area contributed by atoms with Gasteiger partial charge in [-0.1, -0.05) is 0 Å². The van der Waals surface area contributed by atoms with Crippen LogP contribution < -0.4 is 9.64 Å². The average Bonchev–Trinajstić information content (AvgIpc) is 2.60. The van der Waals surface area contributed by atoms with Crippen molar-refractivity contribution in [1.29, 1.82) is 0 Å². The second-order valence-electron chi connectivity index (χ2n) is 6.00. The summed E-state index contributed by atoms with van der Waals surface area (Å²) in [6.07, 6.45) is 1.62. The van der Waals surface area contributed by atoms with Crippen molar-refractivity contribution in [2.75, 3.05) is 45.3 Å². The Hall–Kier alpha value is -2.08. The molecule has 24 heavy (non-hydrogen) atoms. The Kier molecular flexibility index (Phi) is 6.61. The smallest absolute Gasteiger partial charge is 0.326 e. The quantitative estimate of drug-likeness (QED) is 0.744. The minimum Gasteiger partial charge on any atom is -0.497 e. The number of likely N-dealkylation sites (tertiary alicyclic amines) is 1. The Labute approximate surface area is 143 Å². The number of carbonyl (C=O) groups excluding carboxylic acids is 2. The maximum absolute atomic E-state index is 13.0. The summed E-state index contributed by atoms with van der Waals surface area (Å²) in [5, 5.41) is 0. The van der Waals surface area contributed by atoms with Crippen LogP contribution >= 0.6 is 0 Å². The van der Waals surface area contributed by atoms with Crippen molar-refractivity contribution in [3.8, 4) is 5.75 Å². The van der Waals surface area contributed by atoms with Gasteiger partial charge in [-0.2, -0.15) is 0 Å². The topological polar surface area (TPSA) is 59.1 Å². The number of piperidine rings is 1. The molecule has 0 saturated carbocycles. The molecule has 0 unspecified atom stereocenters. The van der Waals surface area contributed by atoms with Crippen LogP contribution in [0.15, 0.2) is 24.3 Å². The molecular weight excluding hydrogens is 308 g/mol. The van der Waals surface area contributed by atoms with Crippen molar-refractivity contribution in [1.82, 2.24) is 4.90 Å². The molecule has 0 atom stereocenters. The van der Waals surface area contributed by atoms with Crippen LogP contribution in [0.4, 0.5) is 5.69 Å². The van der Waals surface area contributed by atoms with Gasteiger partial charge in [-0.25, -0.2) is 0 Å². The zero-order chi connectivity index (χ0) is 17.5. The van der Waals surface area contributed by atoms with Crippen LogP contribution in [0.2, 0.25) is 0 Å². The van der Waals surface area contributed by atoms with Crippen molar-refractivity contribution in [3.63, 3.8) is 0 Å². The van der Waals surface area contributed by atoms with E-state index in [1.807, 2.05) is 0 Å². The number of hydrogen-bond donors (Lipinski definition) is 0. The number of ether oxygens (including phenoxy) is 2. The molecule has 0 aromatic heterocycles. The van der Waals surface area contributed by atoms with Gasteiger partial charge >= 0.3 is 5.97 Å². The van der Waals surface area contributed by atoms with E-state index in [4.69, 9.17) is 9.47 Å². The fourth-order valence-corrected chi connectivity index (χ4v) is 2.87. The molecule has 1 aliphatic heterocycles. The molecule has 1 aromatic carbocycles. The molecular formula is C18H26N2O4. The molecule has 6 heteroatoms. The number of rotatable bonds is 6. The molecule has 1 heterocycles. The van der Waals surface area contributed by atoms with E-state index in [1.165, 1.54) is 4.90 Å². The molecule has 1 saturated heterocycles. The third kappa shape index (κ3) is 4.71. The summed E-state index contributed by atoms with van der Waals surface area (Å²) in [4.78, 5) is 28.7. The van der Waals surface area contributed by atoms with E-state index < -0.39 is 5.97 Å². The first kappa shape index (κ1) is 18.3. The number of anilines is 1. The van der Waals surface area contributed by atoms with Crippen molar-refractivity contribution in [2.45, 2.75) is 19.8 Å². The first-order valence-corrected chi connectivity index (χ1v) is 8.34. The van der Waals surface area contributed by atoms with Gasteiger partial charge in [0.25, 0.3) is 0 Å². The zero-order valence-electron chi connectivity index (χ0n) is 14.7. The fraction of sp³-hybridized carbons (Fsp3) is 0.556. The highest BCUT2D eigenvalue weighted by molar-refractivity contribution is 5.99. The van der Waals surface area contributed by atoms with Crippen LogP contribution in [-0.2, 0) is 14.3 Å². The minimum atomic E-state index is -0.394. The molecule has 0 aliphatic carbocycles. The van der Waals surface area contributed by atoms with E-state index >= 15 is 0 Å². The Morgan fingerprint density at radius 1 is 1.21 bits per heavy atom. The lowest BCUT2D eigenvalue weighted by Gasteiger charge is -2.32. The van der Waals surface area contributed by atoms with E-state index in [-0.39, 0.29) is 18.4 Å². The second kappa shape index (κ2) is 8.68. The molecule has 2 rings (SSSR count). The maximum Gasteiger partial charge on any atom is 0.326 e. The number of nitrogens with zero attached hydrogens (tertiary/aromatic N) is 2. The van der Waals surface area contributed by atoms with Crippen LogP contribution in [0.5, 0.6) is 5.75 Å². The summed E-state index contributed by atoms with van der Waals surface area (Å²) in [6.45, 7) is 3.79.